The predicted molar refractivity (Wildman–Crippen MR) is 35.4 cm³/mol. The molecule has 5 heteroatoms. The van der Waals surface area contributed by atoms with Crippen LogP contribution in [0.25, 0.3) is 0 Å². The van der Waals surface area contributed by atoms with Crippen molar-refractivity contribution in [2.45, 2.75) is 18.9 Å². The van der Waals surface area contributed by atoms with E-state index in [-0.39, 0.29) is 11.9 Å². The van der Waals surface area contributed by atoms with Gasteiger partial charge in [0.2, 0.25) is 0 Å². The number of rotatable bonds is 3. The van der Waals surface area contributed by atoms with Crippen LogP contribution in [-0.2, 0) is 14.9 Å². The van der Waals surface area contributed by atoms with E-state index in [0.717, 1.165) is 13.0 Å². The normalized spacial score (nSPS) is 25.9. The van der Waals surface area contributed by atoms with Gasteiger partial charge < -0.3 is 4.74 Å². The molecule has 60 valence electrons. The summed E-state index contributed by atoms with van der Waals surface area (Å²) in [5, 5.41) is 0. The third-order valence-corrected chi connectivity index (χ3v) is 2.24. The van der Waals surface area contributed by atoms with Crippen molar-refractivity contribution in [2.24, 2.45) is 0 Å². The summed E-state index contributed by atoms with van der Waals surface area (Å²) < 4.78 is 33.6. The van der Waals surface area contributed by atoms with Gasteiger partial charge in [0, 0.05) is 6.61 Å². The van der Waals surface area contributed by atoms with E-state index in [4.69, 9.17) is 9.29 Å². The Kier molecular flexibility index (Phi) is 2.28. The lowest BCUT2D eigenvalue weighted by molar-refractivity contribution is -0.0512. The van der Waals surface area contributed by atoms with Crippen LogP contribution in [0.5, 0.6) is 0 Å². The van der Waals surface area contributed by atoms with E-state index in [1.165, 1.54) is 0 Å². The number of hydrogen-bond acceptors (Lipinski definition) is 3. The second-order valence-corrected chi connectivity index (χ2v) is 3.93. The highest BCUT2D eigenvalue weighted by molar-refractivity contribution is 7.85. The second kappa shape index (κ2) is 2.86. The van der Waals surface area contributed by atoms with E-state index < -0.39 is 10.1 Å². The standard InChI is InChI=1S/C5H10O4S/c6-10(7,8)4-2-5-1-3-9-5/h5H,1-4H2,(H,6,7,8)/t5-/m0/s1. The lowest BCUT2D eigenvalue weighted by Crippen LogP contribution is -2.28. The molecular weight excluding hydrogens is 156 g/mol. The molecule has 0 aliphatic carbocycles. The van der Waals surface area contributed by atoms with Crippen molar-refractivity contribution in [3.63, 3.8) is 0 Å². The largest absolute Gasteiger partial charge is 0.378 e. The summed E-state index contributed by atoms with van der Waals surface area (Å²) in [4.78, 5) is 0. The molecule has 1 atom stereocenters. The first-order valence-electron chi connectivity index (χ1n) is 3.15. The maximum Gasteiger partial charge on any atom is 0.264 e. The molecule has 1 heterocycles. The maximum atomic E-state index is 10.2. The van der Waals surface area contributed by atoms with Gasteiger partial charge in [0.1, 0.15) is 0 Å². The molecule has 0 aromatic carbocycles. The Morgan fingerprint density at radius 1 is 1.60 bits per heavy atom. The minimum atomic E-state index is -3.78. The van der Waals surface area contributed by atoms with E-state index >= 15 is 0 Å². The monoisotopic (exact) mass is 166 g/mol. The summed E-state index contributed by atoms with van der Waals surface area (Å²) in [6, 6.07) is 0. The van der Waals surface area contributed by atoms with E-state index in [0.29, 0.717) is 6.42 Å². The maximum absolute atomic E-state index is 10.2. The molecule has 4 nitrogen and oxygen atoms in total. The van der Waals surface area contributed by atoms with Crippen LogP contribution in [-0.4, -0.2) is 31.4 Å². The van der Waals surface area contributed by atoms with Crippen LogP contribution in [0.1, 0.15) is 12.8 Å². The molecule has 1 aliphatic heterocycles. The van der Waals surface area contributed by atoms with Crippen molar-refractivity contribution >= 4 is 10.1 Å². The summed E-state index contributed by atoms with van der Waals surface area (Å²) in [6.07, 6.45) is 1.39. The average molecular weight is 166 g/mol. The van der Waals surface area contributed by atoms with Crippen LogP contribution in [0.2, 0.25) is 0 Å². The SMILES string of the molecule is O=S(=O)(O)CC[C@@H]1CCO1. The van der Waals surface area contributed by atoms with Crippen LogP contribution in [0.4, 0.5) is 0 Å². The molecule has 1 rings (SSSR count). The van der Waals surface area contributed by atoms with E-state index in [9.17, 15) is 8.42 Å². The fourth-order valence-electron chi connectivity index (χ4n) is 0.793. The molecule has 1 saturated heterocycles. The fourth-order valence-corrected chi connectivity index (χ4v) is 1.35. The Morgan fingerprint density at radius 2 is 2.20 bits per heavy atom. The molecule has 0 amide bonds. The summed E-state index contributed by atoms with van der Waals surface area (Å²) in [6.45, 7) is 0.718. The quantitative estimate of drug-likeness (QED) is 0.602. The Bertz CT molecular complexity index is 192. The van der Waals surface area contributed by atoms with Gasteiger partial charge in [0.15, 0.2) is 0 Å². The highest BCUT2D eigenvalue weighted by atomic mass is 32.2. The smallest absolute Gasteiger partial charge is 0.264 e. The fraction of sp³-hybridized carbons (Fsp3) is 1.00. The topological polar surface area (TPSA) is 63.6 Å². The predicted octanol–water partition coefficient (Wildman–Crippen LogP) is 0.0532. The highest BCUT2D eigenvalue weighted by Crippen LogP contribution is 2.14. The molecule has 1 aliphatic rings. The van der Waals surface area contributed by atoms with Crippen molar-refractivity contribution in [3.8, 4) is 0 Å². The lowest BCUT2D eigenvalue weighted by Gasteiger charge is -2.25. The number of hydrogen-bond donors (Lipinski definition) is 1. The van der Waals surface area contributed by atoms with Gasteiger partial charge in [-0.2, -0.15) is 8.42 Å². The van der Waals surface area contributed by atoms with E-state index in [1.807, 2.05) is 0 Å². The third-order valence-electron chi connectivity index (χ3n) is 1.49. The van der Waals surface area contributed by atoms with Gasteiger partial charge in [-0.25, -0.2) is 0 Å². The number of ether oxygens (including phenoxy) is 1. The molecule has 0 bridgehead atoms. The van der Waals surface area contributed by atoms with Crippen LogP contribution in [0.15, 0.2) is 0 Å². The first-order chi connectivity index (χ1) is 4.58. The van der Waals surface area contributed by atoms with Crippen LogP contribution >= 0.6 is 0 Å². The van der Waals surface area contributed by atoms with Crippen molar-refractivity contribution < 1.29 is 17.7 Å². The van der Waals surface area contributed by atoms with Gasteiger partial charge in [-0.15, -0.1) is 0 Å². The lowest BCUT2D eigenvalue weighted by atomic mass is 10.1. The van der Waals surface area contributed by atoms with Crippen LogP contribution < -0.4 is 0 Å². The van der Waals surface area contributed by atoms with Crippen LogP contribution in [0, 0.1) is 0 Å². The zero-order chi connectivity index (χ0) is 7.61. The van der Waals surface area contributed by atoms with Gasteiger partial charge in [-0.1, -0.05) is 0 Å². The molecule has 0 aromatic rings. The van der Waals surface area contributed by atoms with Gasteiger partial charge in [0.05, 0.1) is 11.9 Å². The molecule has 0 unspecified atom stereocenters. The molecule has 1 fully saturated rings. The molecule has 1 N–H and O–H groups in total. The summed E-state index contributed by atoms with van der Waals surface area (Å²) in [5.41, 5.74) is 0. The third kappa shape index (κ3) is 2.64. The minimum Gasteiger partial charge on any atom is -0.378 e. The summed E-state index contributed by atoms with van der Waals surface area (Å²) in [5.74, 6) is -0.183. The van der Waals surface area contributed by atoms with Gasteiger partial charge in [-0.3, -0.25) is 4.55 Å². The van der Waals surface area contributed by atoms with Crippen LogP contribution in [0.3, 0.4) is 0 Å². The summed E-state index contributed by atoms with van der Waals surface area (Å²) in [7, 11) is -3.78. The van der Waals surface area contributed by atoms with Crippen molar-refractivity contribution in [3.05, 3.63) is 0 Å². The molecule has 0 spiro atoms. The molecule has 10 heavy (non-hydrogen) atoms. The first kappa shape index (κ1) is 7.97. The van der Waals surface area contributed by atoms with Crippen molar-refractivity contribution in [1.29, 1.82) is 0 Å². The Hall–Kier alpha value is -0.130. The zero-order valence-electron chi connectivity index (χ0n) is 5.49. The average Bonchev–Trinajstić information content (AvgIpc) is 1.56. The molecular formula is C5H10O4S. The van der Waals surface area contributed by atoms with E-state index in [1.54, 1.807) is 0 Å². The van der Waals surface area contributed by atoms with Crippen molar-refractivity contribution in [1.82, 2.24) is 0 Å². The van der Waals surface area contributed by atoms with E-state index in [2.05, 4.69) is 0 Å². The van der Waals surface area contributed by atoms with Gasteiger partial charge in [-0.05, 0) is 12.8 Å². The summed E-state index contributed by atoms with van der Waals surface area (Å²) >= 11 is 0. The first-order valence-corrected chi connectivity index (χ1v) is 4.75. The molecule has 0 saturated carbocycles. The minimum absolute atomic E-state index is 0.0573. The van der Waals surface area contributed by atoms with Crippen molar-refractivity contribution in [2.75, 3.05) is 12.4 Å². The second-order valence-electron chi connectivity index (χ2n) is 2.36. The van der Waals surface area contributed by atoms with Gasteiger partial charge in [0.25, 0.3) is 10.1 Å². The Balaban J connectivity index is 2.16. The Labute approximate surface area is 59.9 Å². The molecule has 0 aromatic heterocycles. The molecule has 0 radical (unpaired) electrons. The highest BCUT2D eigenvalue weighted by Gasteiger charge is 2.19. The van der Waals surface area contributed by atoms with Gasteiger partial charge >= 0.3 is 0 Å². The zero-order valence-corrected chi connectivity index (χ0v) is 6.30. The Morgan fingerprint density at radius 3 is 2.50 bits per heavy atom.